The van der Waals surface area contributed by atoms with Gasteiger partial charge in [0.1, 0.15) is 5.75 Å². The molecule has 1 aromatic carbocycles. The maximum Gasteiger partial charge on any atom is 0.118 e. The molecule has 3 heteroatoms. The summed E-state index contributed by atoms with van der Waals surface area (Å²) in [5.41, 5.74) is 1.25. The predicted octanol–water partition coefficient (Wildman–Crippen LogP) is 2.29. The molecule has 0 aliphatic heterocycles. The Kier molecular flexibility index (Phi) is 6.01. The van der Waals surface area contributed by atoms with Gasteiger partial charge in [0, 0.05) is 13.1 Å². The van der Waals surface area contributed by atoms with Crippen molar-refractivity contribution in [1.29, 1.82) is 0 Å². The molecule has 0 heterocycles. The van der Waals surface area contributed by atoms with Gasteiger partial charge in [-0.1, -0.05) is 19.1 Å². The van der Waals surface area contributed by atoms with E-state index in [0.29, 0.717) is 0 Å². The summed E-state index contributed by atoms with van der Waals surface area (Å²) in [5.74, 6) is 0.881. The van der Waals surface area contributed by atoms with Gasteiger partial charge in [0.15, 0.2) is 0 Å². The summed E-state index contributed by atoms with van der Waals surface area (Å²) in [6, 6.07) is 8.09. The molecule has 0 amide bonds. The Morgan fingerprint density at radius 1 is 1.29 bits per heavy atom. The number of hydrogen-bond acceptors (Lipinski definition) is 3. The lowest BCUT2D eigenvalue weighted by atomic mass is 10.2. The summed E-state index contributed by atoms with van der Waals surface area (Å²) in [7, 11) is 1.67. The van der Waals surface area contributed by atoms with Gasteiger partial charge in [-0.3, -0.25) is 4.90 Å². The Bertz CT molecular complexity index is 309. The largest absolute Gasteiger partial charge is 0.497 e. The molecule has 0 unspecified atom stereocenters. The maximum atomic E-state index is 9.45. The second kappa shape index (κ2) is 7.30. The fourth-order valence-electron chi connectivity index (χ4n) is 1.91. The van der Waals surface area contributed by atoms with Gasteiger partial charge in [-0.25, -0.2) is 0 Å². The number of nitrogens with zero attached hydrogens (tertiary/aromatic N) is 1. The Hall–Kier alpha value is -1.06. The quantitative estimate of drug-likeness (QED) is 0.789. The molecule has 0 saturated carbocycles. The number of ether oxygens (including phenoxy) is 1. The highest BCUT2D eigenvalue weighted by Gasteiger charge is 2.08. The lowest BCUT2D eigenvalue weighted by Gasteiger charge is -2.23. The molecular formula is C14H23NO2. The van der Waals surface area contributed by atoms with E-state index in [4.69, 9.17) is 4.74 Å². The van der Waals surface area contributed by atoms with Crippen LogP contribution in [0, 0.1) is 0 Å². The number of hydrogen-bond donors (Lipinski definition) is 1. The van der Waals surface area contributed by atoms with Crippen LogP contribution in [0.2, 0.25) is 0 Å². The van der Waals surface area contributed by atoms with Crippen LogP contribution in [-0.2, 0) is 6.54 Å². The number of methoxy groups -OCH3 is 1. The van der Waals surface area contributed by atoms with E-state index in [2.05, 4.69) is 24.0 Å². The van der Waals surface area contributed by atoms with E-state index >= 15 is 0 Å². The normalized spacial score (nSPS) is 12.8. The van der Waals surface area contributed by atoms with E-state index in [1.807, 2.05) is 19.1 Å². The van der Waals surface area contributed by atoms with Crippen LogP contribution in [0.4, 0.5) is 0 Å². The van der Waals surface area contributed by atoms with Crippen molar-refractivity contribution >= 4 is 0 Å². The molecule has 0 aromatic heterocycles. The lowest BCUT2D eigenvalue weighted by Crippen LogP contribution is -2.31. The topological polar surface area (TPSA) is 32.7 Å². The minimum Gasteiger partial charge on any atom is -0.497 e. The third-order valence-electron chi connectivity index (χ3n) is 2.63. The second-order valence-electron chi connectivity index (χ2n) is 4.43. The molecule has 1 atom stereocenters. The molecule has 96 valence electrons. The van der Waals surface area contributed by atoms with Gasteiger partial charge in [0.05, 0.1) is 13.2 Å². The van der Waals surface area contributed by atoms with Crippen LogP contribution in [0.3, 0.4) is 0 Å². The summed E-state index contributed by atoms with van der Waals surface area (Å²) in [6.45, 7) is 6.60. The Morgan fingerprint density at radius 2 is 1.94 bits per heavy atom. The minimum absolute atomic E-state index is 0.278. The minimum atomic E-state index is -0.278. The standard InChI is InChI=1S/C14H23NO2/c1-4-9-15(10-12(2)16)11-13-5-7-14(17-3)8-6-13/h5-8,12,16H,4,9-11H2,1-3H3/t12-/m1/s1. The van der Waals surface area contributed by atoms with Crippen molar-refractivity contribution < 1.29 is 9.84 Å². The predicted molar refractivity (Wildman–Crippen MR) is 70.2 cm³/mol. The Labute approximate surface area is 104 Å². The van der Waals surface area contributed by atoms with Crippen LogP contribution in [-0.4, -0.2) is 36.3 Å². The molecule has 1 rings (SSSR count). The van der Waals surface area contributed by atoms with Crippen LogP contribution in [0.1, 0.15) is 25.8 Å². The van der Waals surface area contributed by atoms with Crippen molar-refractivity contribution in [2.75, 3.05) is 20.2 Å². The van der Waals surface area contributed by atoms with Crippen molar-refractivity contribution in [2.45, 2.75) is 32.9 Å². The van der Waals surface area contributed by atoms with E-state index in [9.17, 15) is 5.11 Å². The molecule has 0 radical (unpaired) electrons. The second-order valence-corrected chi connectivity index (χ2v) is 4.43. The zero-order valence-electron chi connectivity index (χ0n) is 11.0. The van der Waals surface area contributed by atoms with Crippen molar-refractivity contribution in [3.8, 4) is 5.75 Å². The molecular weight excluding hydrogens is 214 g/mol. The first-order valence-electron chi connectivity index (χ1n) is 6.19. The van der Waals surface area contributed by atoms with Gasteiger partial charge in [-0.15, -0.1) is 0 Å². The molecule has 3 nitrogen and oxygen atoms in total. The van der Waals surface area contributed by atoms with E-state index in [1.54, 1.807) is 7.11 Å². The van der Waals surface area contributed by atoms with Gasteiger partial charge < -0.3 is 9.84 Å². The van der Waals surface area contributed by atoms with E-state index < -0.39 is 0 Å². The third-order valence-corrected chi connectivity index (χ3v) is 2.63. The molecule has 0 aliphatic rings. The van der Waals surface area contributed by atoms with Crippen molar-refractivity contribution in [1.82, 2.24) is 4.90 Å². The lowest BCUT2D eigenvalue weighted by molar-refractivity contribution is 0.122. The molecule has 1 aromatic rings. The highest BCUT2D eigenvalue weighted by Crippen LogP contribution is 2.13. The fraction of sp³-hybridized carbons (Fsp3) is 0.571. The molecule has 0 bridgehead atoms. The maximum absolute atomic E-state index is 9.45. The van der Waals surface area contributed by atoms with Gasteiger partial charge >= 0.3 is 0 Å². The van der Waals surface area contributed by atoms with Crippen molar-refractivity contribution in [2.24, 2.45) is 0 Å². The van der Waals surface area contributed by atoms with Crippen LogP contribution in [0.5, 0.6) is 5.75 Å². The SMILES string of the molecule is CCCN(Cc1ccc(OC)cc1)C[C@@H](C)O. The molecule has 17 heavy (non-hydrogen) atoms. The zero-order chi connectivity index (χ0) is 12.7. The molecule has 0 saturated heterocycles. The van der Waals surface area contributed by atoms with Crippen LogP contribution < -0.4 is 4.74 Å². The molecule has 1 N–H and O–H groups in total. The summed E-state index contributed by atoms with van der Waals surface area (Å²) in [5, 5.41) is 9.45. The number of aliphatic hydroxyl groups is 1. The average molecular weight is 237 g/mol. The number of aliphatic hydroxyl groups excluding tert-OH is 1. The fourth-order valence-corrected chi connectivity index (χ4v) is 1.91. The average Bonchev–Trinajstić information content (AvgIpc) is 2.29. The van der Waals surface area contributed by atoms with Crippen molar-refractivity contribution in [3.05, 3.63) is 29.8 Å². The summed E-state index contributed by atoms with van der Waals surface area (Å²) < 4.78 is 5.13. The first-order chi connectivity index (χ1) is 8.15. The third kappa shape index (κ3) is 5.20. The molecule has 0 fully saturated rings. The number of benzene rings is 1. The van der Waals surface area contributed by atoms with Gasteiger partial charge in [0.25, 0.3) is 0 Å². The Morgan fingerprint density at radius 3 is 2.41 bits per heavy atom. The van der Waals surface area contributed by atoms with Crippen LogP contribution in [0.25, 0.3) is 0 Å². The molecule has 0 spiro atoms. The van der Waals surface area contributed by atoms with Crippen LogP contribution >= 0.6 is 0 Å². The van der Waals surface area contributed by atoms with Gasteiger partial charge in [-0.2, -0.15) is 0 Å². The smallest absolute Gasteiger partial charge is 0.118 e. The van der Waals surface area contributed by atoms with E-state index in [-0.39, 0.29) is 6.10 Å². The highest BCUT2D eigenvalue weighted by molar-refractivity contribution is 5.27. The first-order valence-corrected chi connectivity index (χ1v) is 6.19. The van der Waals surface area contributed by atoms with Crippen LogP contribution in [0.15, 0.2) is 24.3 Å². The summed E-state index contributed by atoms with van der Waals surface area (Å²) in [6.07, 6.45) is 0.822. The van der Waals surface area contributed by atoms with E-state index in [0.717, 1.165) is 31.8 Å². The summed E-state index contributed by atoms with van der Waals surface area (Å²) in [4.78, 5) is 2.27. The van der Waals surface area contributed by atoms with E-state index in [1.165, 1.54) is 5.56 Å². The monoisotopic (exact) mass is 237 g/mol. The number of rotatable bonds is 7. The van der Waals surface area contributed by atoms with Gasteiger partial charge in [0.2, 0.25) is 0 Å². The zero-order valence-corrected chi connectivity index (χ0v) is 11.0. The van der Waals surface area contributed by atoms with Gasteiger partial charge in [-0.05, 0) is 37.6 Å². The first kappa shape index (κ1) is 14.0. The molecule has 0 aliphatic carbocycles. The Balaban J connectivity index is 2.58. The highest BCUT2D eigenvalue weighted by atomic mass is 16.5. The van der Waals surface area contributed by atoms with Crippen molar-refractivity contribution in [3.63, 3.8) is 0 Å². The summed E-state index contributed by atoms with van der Waals surface area (Å²) >= 11 is 0.